The van der Waals surface area contributed by atoms with E-state index in [9.17, 15) is 0 Å². The number of benzene rings is 2. The number of fused-ring (bicyclic) bond motifs is 6. The number of rotatable bonds is 0. The molecule has 0 aromatic heterocycles. The van der Waals surface area contributed by atoms with Gasteiger partial charge in [0.15, 0.2) is 0 Å². The van der Waals surface area contributed by atoms with E-state index >= 15 is 0 Å². The Kier molecular flexibility index (Phi) is 3.09. The molecule has 0 N–H and O–H groups in total. The smallest absolute Gasteiger partial charge is 0.115 e. The molecule has 0 bridgehead atoms. The minimum Gasteiger partial charge on any atom is -0.352 e. The van der Waals surface area contributed by atoms with Crippen molar-refractivity contribution in [3.63, 3.8) is 0 Å². The summed E-state index contributed by atoms with van der Waals surface area (Å²) in [5, 5.41) is 0. The van der Waals surface area contributed by atoms with Crippen molar-refractivity contribution in [2.75, 3.05) is 16.8 Å². The first-order chi connectivity index (χ1) is 12.8. The zero-order valence-corrected chi connectivity index (χ0v) is 18.9. The number of hydrogen-bond acceptors (Lipinski definition) is 2. The lowest BCUT2D eigenvalue weighted by Crippen LogP contribution is -2.46. The van der Waals surface area contributed by atoms with Crippen molar-refractivity contribution in [3.8, 4) is 0 Å². The van der Waals surface area contributed by atoms with Crippen LogP contribution in [0.4, 0.5) is 17.1 Å². The summed E-state index contributed by atoms with van der Waals surface area (Å²) < 4.78 is 0. The van der Waals surface area contributed by atoms with E-state index in [1.807, 2.05) is 0 Å². The van der Waals surface area contributed by atoms with Crippen molar-refractivity contribution in [3.05, 3.63) is 53.1 Å². The molecule has 2 nitrogen and oxygen atoms in total. The molecule has 28 heavy (non-hydrogen) atoms. The maximum Gasteiger partial charge on any atom is 0.115 e. The second kappa shape index (κ2) is 4.78. The molecule has 0 spiro atoms. The van der Waals surface area contributed by atoms with Crippen molar-refractivity contribution in [1.82, 2.24) is 0 Å². The van der Waals surface area contributed by atoms with E-state index in [-0.39, 0.29) is 21.7 Å². The summed E-state index contributed by atoms with van der Waals surface area (Å²) in [6.07, 6.45) is 0.335. The first-order valence-corrected chi connectivity index (χ1v) is 10.7. The summed E-state index contributed by atoms with van der Waals surface area (Å²) in [4.78, 5) is 5.11. The molecule has 1 atom stereocenters. The predicted molar refractivity (Wildman–Crippen MR) is 120 cm³/mol. The van der Waals surface area contributed by atoms with E-state index in [0.717, 1.165) is 0 Å². The molecule has 1 aliphatic carbocycles. The lowest BCUT2D eigenvalue weighted by atomic mass is 9.59. The highest BCUT2D eigenvalue weighted by atomic mass is 15.4. The van der Waals surface area contributed by atoms with Gasteiger partial charge in [0.1, 0.15) is 6.17 Å². The molecule has 2 aromatic rings. The van der Waals surface area contributed by atoms with Crippen LogP contribution in [0.25, 0.3) is 0 Å². The number of para-hydroxylation sites is 1. The van der Waals surface area contributed by atoms with Gasteiger partial charge >= 0.3 is 0 Å². The third kappa shape index (κ3) is 1.68. The molecule has 5 rings (SSSR count). The van der Waals surface area contributed by atoms with Crippen LogP contribution >= 0.6 is 0 Å². The van der Waals surface area contributed by atoms with Crippen LogP contribution in [0.2, 0.25) is 0 Å². The van der Waals surface area contributed by atoms with Crippen LogP contribution in [-0.4, -0.2) is 13.2 Å². The molecule has 148 valence electrons. The van der Waals surface area contributed by atoms with Crippen molar-refractivity contribution in [1.29, 1.82) is 0 Å². The van der Waals surface area contributed by atoms with E-state index in [2.05, 4.69) is 109 Å². The third-order valence-electron chi connectivity index (χ3n) is 9.34. The Hall–Kier alpha value is -1.96. The van der Waals surface area contributed by atoms with Gasteiger partial charge in [-0.3, -0.25) is 0 Å². The molecule has 0 amide bonds. The van der Waals surface area contributed by atoms with Gasteiger partial charge in [-0.1, -0.05) is 73.6 Å². The fourth-order valence-corrected chi connectivity index (χ4v) is 6.41. The summed E-state index contributed by atoms with van der Waals surface area (Å²) in [6.45, 7) is 19.4. The first kappa shape index (κ1) is 18.1. The maximum atomic E-state index is 2.60. The van der Waals surface area contributed by atoms with Crippen LogP contribution in [0.3, 0.4) is 0 Å². The lowest BCUT2D eigenvalue weighted by Gasteiger charge is -2.44. The van der Waals surface area contributed by atoms with Gasteiger partial charge in [0, 0.05) is 18.2 Å². The molecular weight excluding hydrogens is 340 g/mol. The van der Waals surface area contributed by atoms with Gasteiger partial charge in [-0.2, -0.15) is 0 Å². The van der Waals surface area contributed by atoms with E-state index < -0.39 is 0 Å². The third-order valence-corrected chi connectivity index (χ3v) is 9.34. The SMILES string of the molecule is CN1c2cc3c(cc2N2c4ccccc4C(C)(C)C12)C(C)(C)C(C)(C)C3(C)C. The van der Waals surface area contributed by atoms with E-state index in [1.54, 1.807) is 0 Å². The Balaban J connectivity index is 1.80. The molecular formula is C26H34N2. The monoisotopic (exact) mass is 374 g/mol. The second-order valence-corrected chi connectivity index (χ2v) is 11.4. The van der Waals surface area contributed by atoms with Crippen molar-refractivity contribution < 1.29 is 0 Å². The van der Waals surface area contributed by atoms with Crippen LogP contribution in [-0.2, 0) is 16.2 Å². The standard InChI is InChI=1S/C26H34N2/c1-23(2)16-12-10-11-13-19(16)28-21-15-18-17(14-20(21)27(9)22(23)28)24(3,4)26(7,8)25(18,5)6/h10-15,22H,1-9H3. The van der Waals surface area contributed by atoms with Crippen LogP contribution in [0.1, 0.15) is 72.1 Å². The Labute approximate surface area is 170 Å². The minimum absolute atomic E-state index is 0.0825. The highest BCUT2D eigenvalue weighted by Crippen LogP contribution is 2.65. The molecule has 0 saturated heterocycles. The zero-order valence-electron chi connectivity index (χ0n) is 18.9. The maximum absolute atomic E-state index is 2.60. The Morgan fingerprint density at radius 3 is 1.82 bits per heavy atom. The molecule has 2 heteroatoms. The van der Waals surface area contributed by atoms with Crippen molar-refractivity contribution >= 4 is 17.1 Å². The van der Waals surface area contributed by atoms with Gasteiger partial charge in [0.2, 0.25) is 0 Å². The van der Waals surface area contributed by atoms with Gasteiger partial charge in [-0.25, -0.2) is 0 Å². The summed E-state index contributed by atoms with van der Waals surface area (Å²) in [5.41, 5.74) is 9.19. The van der Waals surface area contributed by atoms with Crippen molar-refractivity contribution in [2.45, 2.75) is 77.8 Å². The number of anilines is 3. The normalized spacial score (nSPS) is 26.7. The topological polar surface area (TPSA) is 6.48 Å². The van der Waals surface area contributed by atoms with Crippen LogP contribution in [0, 0.1) is 5.41 Å². The van der Waals surface area contributed by atoms with E-state index in [0.29, 0.717) is 6.17 Å². The van der Waals surface area contributed by atoms with Gasteiger partial charge in [-0.05, 0) is 51.1 Å². The number of nitrogens with zero attached hydrogens (tertiary/aromatic N) is 2. The second-order valence-electron chi connectivity index (χ2n) is 11.4. The Morgan fingerprint density at radius 1 is 0.679 bits per heavy atom. The molecule has 3 aliphatic rings. The molecule has 0 saturated carbocycles. The fourth-order valence-electron chi connectivity index (χ4n) is 6.41. The van der Waals surface area contributed by atoms with Crippen LogP contribution < -0.4 is 9.80 Å². The number of hydrogen-bond donors (Lipinski definition) is 0. The predicted octanol–water partition coefficient (Wildman–Crippen LogP) is 6.49. The summed E-state index contributed by atoms with van der Waals surface area (Å²) in [5.74, 6) is 0. The number of likely N-dealkylation sites (N-methyl/N-ethyl adjacent to an activating group) is 1. The summed E-state index contributed by atoms with van der Waals surface area (Å²) >= 11 is 0. The van der Waals surface area contributed by atoms with Gasteiger partial charge < -0.3 is 9.80 Å². The highest BCUT2D eigenvalue weighted by Gasteiger charge is 2.59. The molecule has 2 aromatic carbocycles. The minimum atomic E-state index is 0.0825. The zero-order chi connectivity index (χ0) is 20.4. The molecule has 2 heterocycles. The quantitative estimate of drug-likeness (QED) is 0.520. The fraction of sp³-hybridized carbons (Fsp3) is 0.538. The highest BCUT2D eigenvalue weighted by molar-refractivity contribution is 5.90. The summed E-state index contributed by atoms with van der Waals surface area (Å²) in [7, 11) is 2.28. The largest absolute Gasteiger partial charge is 0.352 e. The lowest BCUT2D eigenvalue weighted by molar-refractivity contribution is 0.125. The van der Waals surface area contributed by atoms with E-state index in [4.69, 9.17) is 0 Å². The van der Waals surface area contributed by atoms with Gasteiger partial charge in [-0.15, -0.1) is 0 Å². The Morgan fingerprint density at radius 2 is 1.21 bits per heavy atom. The molecule has 0 radical (unpaired) electrons. The Bertz CT molecular complexity index is 1010. The summed E-state index contributed by atoms with van der Waals surface area (Å²) in [6, 6.07) is 14.0. The van der Waals surface area contributed by atoms with Gasteiger partial charge in [0.25, 0.3) is 0 Å². The van der Waals surface area contributed by atoms with E-state index in [1.165, 1.54) is 33.8 Å². The average molecular weight is 375 g/mol. The average Bonchev–Trinajstić information content (AvgIpc) is 3.08. The van der Waals surface area contributed by atoms with Crippen molar-refractivity contribution in [2.24, 2.45) is 5.41 Å². The molecule has 0 fully saturated rings. The molecule has 2 aliphatic heterocycles. The first-order valence-electron chi connectivity index (χ1n) is 10.7. The van der Waals surface area contributed by atoms with Crippen LogP contribution in [0.5, 0.6) is 0 Å². The van der Waals surface area contributed by atoms with Crippen LogP contribution in [0.15, 0.2) is 36.4 Å². The molecule has 1 unspecified atom stereocenters. The van der Waals surface area contributed by atoms with Gasteiger partial charge in [0.05, 0.1) is 11.4 Å².